The first kappa shape index (κ1) is 19.4. The first-order valence-corrected chi connectivity index (χ1v) is 9.73. The number of hydrogen-bond acceptors (Lipinski definition) is 7. The maximum absolute atomic E-state index is 12.4. The van der Waals surface area contributed by atoms with Gasteiger partial charge in [-0.25, -0.2) is 17.9 Å². The molecule has 0 aliphatic rings. The van der Waals surface area contributed by atoms with E-state index in [0.717, 1.165) is 17.0 Å². The summed E-state index contributed by atoms with van der Waals surface area (Å²) in [6, 6.07) is 8.47. The molecule has 2 aromatic rings. The molecule has 0 aliphatic carbocycles. The van der Waals surface area contributed by atoms with E-state index in [4.69, 9.17) is 0 Å². The Morgan fingerprint density at radius 2 is 1.92 bits per heavy atom. The van der Waals surface area contributed by atoms with Crippen molar-refractivity contribution in [3.63, 3.8) is 0 Å². The van der Waals surface area contributed by atoms with Crippen molar-refractivity contribution in [2.75, 3.05) is 32.6 Å². The molecule has 2 rings (SSSR count). The lowest BCUT2D eigenvalue weighted by Gasteiger charge is -2.16. The average molecular weight is 384 g/mol. The van der Waals surface area contributed by atoms with Crippen LogP contribution in [0.1, 0.15) is 21.3 Å². The molecule has 0 aliphatic heterocycles. The number of sulfonamides is 1. The number of ether oxygens (including phenoxy) is 1. The molecule has 1 aromatic heterocycles. The number of carbonyl (C=O) groups excluding carboxylic acids is 1. The molecule has 0 saturated carbocycles. The van der Waals surface area contributed by atoms with Crippen LogP contribution in [0.2, 0.25) is 0 Å². The largest absolute Gasteiger partial charge is 0.465 e. The van der Waals surface area contributed by atoms with E-state index in [1.165, 1.54) is 18.6 Å². The van der Waals surface area contributed by atoms with E-state index in [1.54, 1.807) is 12.1 Å². The van der Waals surface area contributed by atoms with Gasteiger partial charge in [0, 0.05) is 26.3 Å². The normalized spacial score (nSPS) is 12.6. The molecular weight excluding hydrogens is 364 g/mol. The predicted molar refractivity (Wildman–Crippen MR) is 96.6 cm³/mol. The van der Waals surface area contributed by atoms with E-state index in [2.05, 4.69) is 9.46 Å². The van der Waals surface area contributed by atoms with Crippen LogP contribution in [0.4, 0.5) is 5.69 Å². The standard InChI is InChI=1S/C16H20N2O5S2/c1-18(2)12-6-4-11(5-7-12)13(19)10-17-25(21,22)14-8-9-24-15(14)16(20)23-3/h4-9,13,17,19H,10H2,1-3H3. The second-order valence-corrected chi connectivity index (χ2v) is 8.11. The van der Waals surface area contributed by atoms with Gasteiger partial charge in [0.1, 0.15) is 9.77 Å². The molecule has 136 valence electrons. The summed E-state index contributed by atoms with van der Waals surface area (Å²) in [6.45, 7) is -0.208. The van der Waals surface area contributed by atoms with Crippen molar-refractivity contribution in [2.24, 2.45) is 0 Å². The van der Waals surface area contributed by atoms with Crippen LogP contribution in [0.3, 0.4) is 0 Å². The number of benzene rings is 1. The number of esters is 1. The number of nitrogens with one attached hydrogen (secondary N) is 1. The molecule has 2 N–H and O–H groups in total. The molecule has 1 atom stereocenters. The molecule has 0 radical (unpaired) electrons. The molecule has 25 heavy (non-hydrogen) atoms. The first-order chi connectivity index (χ1) is 11.8. The lowest BCUT2D eigenvalue weighted by atomic mass is 10.1. The van der Waals surface area contributed by atoms with Gasteiger partial charge in [0.2, 0.25) is 10.0 Å². The minimum absolute atomic E-state index is 0.000161. The van der Waals surface area contributed by atoms with Crippen LogP contribution in [0.5, 0.6) is 0 Å². The zero-order valence-electron chi connectivity index (χ0n) is 14.1. The van der Waals surface area contributed by atoms with E-state index in [-0.39, 0.29) is 16.3 Å². The molecule has 7 nitrogen and oxygen atoms in total. The SMILES string of the molecule is COC(=O)c1sccc1S(=O)(=O)NCC(O)c1ccc(N(C)C)cc1. The Kier molecular flexibility index (Phi) is 6.17. The number of aliphatic hydroxyl groups excluding tert-OH is 1. The fourth-order valence-corrected chi connectivity index (χ4v) is 4.50. The highest BCUT2D eigenvalue weighted by atomic mass is 32.2. The number of rotatable bonds is 7. The molecule has 0 bridgehead atoms. The monoisotopic (exact) mass is 384 g/mol. The van der Waals surface area contributed by atoms with Crippen LogP contribution in [-0.2, 0) is 14.8 Å². The van der Waals surface area contributed by atoms with Crippen molar-refractivity contribution < 1.29 is 23.1 Å². The van der Waals surface area contributed by atoms with Gasteiger partial charge >= 0.3 is 5.97 Å². The third kappa shape index (κ3) is 4.57. The van der Waals surface area contributed by atoms with Crippen LogP contribution in [0, 0.1) is 0 Å². The van der Waals surface area contributed by atoms with E-state index < -0.39 is 22.1 Å². The zero-order valence-corrected chi connectivity index (χ0v) is 15.7. The van der Waals surface area contributed by atoms with Crippen LogP contribution in [-0.4, -0.2) is 47.2 Å². The van der Waals surface area contributed by atoms with Gasteiger partial charge in [0.05, 0.1) is 13.2 Å². The van der Waals surface area contributed by atoms with E-state index in [9.17, 15) is 18.3 Å². The van der Waals surface area contributed by atoms with Crippen molar-refractivity contribution in [1.29, 1.82) is 0 Å². The third-order valence-corrected chi connectivity index (χ3v) is 6.04. The van der Waals surface area contributed by atoms with Gasteiger partial charge in [-0.3, -0.25) is 0 Å². The van der Waals surface area contributed by atoms with Crippen molar-refractivity contribution >= 4 is 33.0 Å². The van der Waals surface area contributed by atoms with Crippen molar-refractivity contribution in [2.45, 2.75) is 11.0 Å². The number of aliphatic hydroxyl groups is 1. The Balaban J connectivity index is 2.09. The summed E-state index contributed by atoms with van der Waals surface area (Å²) in [5, 5.41) is 11.7. The minimum atomic E-state index is -3.94. The van der Waals surface area contributed by atoms with Crippen LogP contribution < -0.4 is 9.62 Å². The van der Waals surface area contributed by atoms with Crippen molar-refractivity contribution in [1.82, 2.24) is 4.72 Å². The molecule has 1 aromatic carbocycles. The van der Waals surface area contributed by atoms with Gasteiger partial charge in [0.25, 0.3) is 0 Å². The smallest absolute Gasteiger partial charge is 0.349 e. The molecule has 0 saturated heterocycles. The summed E-state index contributed by atoms with van der Waals surface area (Å²) >= 11 is 0.983. The Labute approximate surface area is 150 Å². The third-order valence-electron chi connectivity index (χ3n) is 3.55. The maximum atomic E-state index is 12.4. The van der Waals surface area contributed by atoms with Crippen LogP contribution in [0.15, 0.2) is 40.6 Å². The second kappa shape index (κ2) is 7.96. The summed E-state index contributed by atoms with van der Waals surface area (Å²) in [4.78, 5) is 13.4. The Morgan fingerprint density at radius 3 is 2.48 bits per heavy atom. The second-order valence-electron chi connectivity index (χ2n) is 5.46. The Hall–Kier alpha value is -1.94. The molecule has 9 heteroatoms. The van der Waals surface area contributed by atoms with E-state index in [0.29, 0.717) is 5.56 Å². The van der Waals surface area contributed by atoms with E-state index in [1.807, 2.05) is 31.1 Å². The highest BCUT2D eigenvalue weighted by molar-refractivity contribution is 7.89. The number of anilines is 1. The summed E-state index contributed by atoms with van der Waals surface area (Å²) in [7, 11) is 1.06. The summed E-state index contributed by atoms with van der Waals surface area (Å²) in [5.41, 5.74) is 1.56. The van der Waals surface area contributed by atoms with E-state index >= 15 is 0 Å². The molecule has 1 heterocycles. The lowest BCUT2D eigenvalue weighted by molar-refractivity contribution is 0.0602. The van der Waals surface area contributed by atoms with Gasteiger partial charge in [-0.15, -0.1) is 11.3 Å². The number of hydrogen-bond donors (Lipinski definition) is 2. The fraction of sp³-hybridized carbons (Fsp3) is 0.312. The van der Waals surface area contributed by atoms with Crippen molar-refractivity contribution in [3.8, 4) is 0 Å². The highest BCUT2D eigenvalue weighted by Crippen LogP contribution is 2.23. The van der Waals surface area contributed by atoms with Gasteiger partial charge in [0.15, 0.2) is 0 Å². The van der Waals surface area contributed by atoms with Gasteiger partial charge in [-0.05, 0) is 29.1 Å². The number of carbonyl (C=O) groups is 1. The fourth-order valence-electron chi connectivity index (χ4n) is 2.13. The number of methoxy groups -OCH3 is 1. The summed E-state index contributed by atoms with van der Waals surface area (Å²) in [6.07, 6.45) is -1.01. The number of nitrogens with zero attached hydrogens (tertiary/aromatic N) is 1. The Morgan fingerprint density at radius 1 is 1.28 bits per heavy atom. The van der Waals surface area contributed by atoms with Gasteiger partial charge in [-0.1, -0.05) is 12.1 Å². The molecule has 1 unspecified atom stereocenters. The van der Waals surface area contributed by atoms with Gasteiger partial charge in [-0.2, -0.15) is 0 Å². The topological polar surface area (TPSA) is 95.9 Å². The zero-order chi connectivity index (χ0) is 18.6. The summed E-state index contributed by atoms with van der Waals surface area (Å²) < 4.78 is 31.7. The van der Waals surface area contributed by atoms with Crippen LogP contribution in [0.25, 0.3) is 0 Å². The maximum Gasteiger partial charge on any atom is 0.349 e. The molecule has 0 fully saturated rings. The van der Waals surface area contributed by atoms with Gasteiger partial charge < -0.3 is 14.7 Å². The molecule has 0 amide bonds. The number of thiophene rings is 1. The van der Waals surface area contributed by atoms with Crippen molar-refractivity contribution in [3.05, 3.63) is 46.2 Å². The van der Waals surface area contributed by atoms with Crippen LogP contribution >= 0.6 is 11.3 Å². The molecule has 0 spiro atoms. The molecular formula is C16H20N2O5S2. The highest BCUT2D eigenvalue weighted by Gasteiger charge is 2.25. The average Bonchev–Trinajstić information content (AvgIpc) is 3.10. The minimum Gasteiger partial charge on any atom is -0.465 e. The quantitative estimate of drug-likeness (QED) is 0.704. The first-order valence-electron chi connectivity index (χ1n) is 7.37. The Bertz CT molecular complexity index is 828. The lowest BCUT2D eigenvalue weighted by Crippen LogP contribution is -2.29. The predicted octanol–water partition coefficient (Wildman–Crippen LogP) is 1.61. The summed E-state index contributed by atoms with van der Waals surface area (Å²) in [5.74, 6) is -0.713.